The van der Waals surface area contributed by atoms with Crippen molar-refractivity contribution in [1.29, 1.82) is 0 Å². The van der Waals surface area contributed by atoms with Gasteiger partial charge in [-0.1, -0.05) is 11.8 Å². The first-order valence-corrected chi connectivity index (χ1v) is 7.33. The average molecular weight is 307 g/mol. The lowest BCUT2D eigenvalue weighted by atomic mass is 10.2. The number of carbonyl (C=O) groups is 2. The SMILES string of the molecule is CCN1C(=O)CC(C(=O)[O-])SC1=Nc1ccc(OC)cc1. The number of hydrogen-bond acceptors (Lipinski definition) is 6. The molecule has 1 aromatic carbocycles. The average Bonchev–Trinajstić information content (AvgIpc) is 2.47. The number of hydrogen-bond donors (Lipinski definition) is 0. The van der Waals surface area contributed by atoms with Crippen LogP contribution in [0.3, 0.4) is 0 Å². The summed E-state index contributed by atoms with van der Waals surface area (Å²) in [5, 5.41) is 10.5. The molecule has 0 saturated carbocycles. The fraction of sp³-hybridized carbons (Fsp3) is 0.357. The van der Waals surface area contributed by atoms with Gasteiger partial charge in [0.25, 0.3) is 0 Å². The lowest BCUT2D eigenvalue weighted by molar-refractivity contribution is -0.304. The van der Waals surface area contributed by atoms with Gasteiger partial charge in [-0.3, -0.25) is 9.69 Å². The maximum absolute atomic E-state index is 12.0. The van der Waals surface area contributed by atoms with E-state index >= 15 is 0 Å². The summed E-state index contributed by atoms with van der Waals surface area (Å²) in [6.07, 6.45) is -0.0670. The van der Waals surface area contributed by atoms with Crippen LogP contribution in [0.2, 0.25) is 0 Å². The number of thioether (sulfide) groups is 1. The molecule has 1 atom stereocenters. The van der Waals surface area contributed by atoms with Crippen molar-refractivity contribution in [3.8, 4) is 5.75 Å². The molecule has 2 rings (SSSR count). The molecule has 0 N–H and O–H groups in total. The number of ether oxygens (including phenoxy) is 1. The predicted molar refractivity (Wildman–Crippen MR) is 78.5 cm³/mol. The van der Waals surface area contributed by atoms with Gasteiger partial charge in [-0.15, -0.1) is 0 Å². The highest BCUT2D eigenvalue weighted by Crippen LogP contribution is 2.29. The van der Waals surface area contributed by atoms with Gasteiger partial charge in [0.2, 0.25) is 5.91 Å². The van der Waals surface area contributed by atoms with Gasteiger partial charge in [0.05, 0.1) is 24.0 Å². The highest BCUT2D eigenvalue weighted by Gasteiger charge is 2.31. The van der Waals surface area contributed by atoms with Gasteiger partial charge in [-0.2, -0.15) is 0 Å². The van der Waals surface area contributed by atoms with E-state index in [1.54, 1.807) is 31.4 Å². The first-order valence-electron chi connectivity index (χ1n) is 6.45. The van der Waals surface area contributed by atoms with Crippen LogP contribution in [0.5, 0.6) is 5.75 Å². The molecule has 1 saturated heterocycles. The van der Waals surface area contributed by atoms with E-state index in [4.69, 9.17) is 4.74 Å². The number of carboxylic acid groups (broad SMARTS) is 1. The normalized spacial score (nSPS) is 20.7. The summed E-state index contributed by atoms with van der Waals surface area (Å²) in [5.74, 6) is -0.796. The topological polar surface area (TPSA) is 82.0 Å². The fourth-order valence-corrected chi connectivity index (χ4v) is 3.00. The summed E-state index contributed by atoms with van der Waals surface area (Å²) < 4.78 is 5.06. The summed E-state index contributed by atoms with van der Waals surface area (Å²) >= 11 is 1.04. The Hall–Kier alpha value is -2.02. The molecule has 1 aliphatic heterocycles. The van der Waals surface area contributed by atoms with Crippen molar-refractivity contribution in [2.24, 2.45) is 4.99 Å². The van der Waals surface area contributed by atoms with E-state index in [1.807, 2.05) is 6.92 Å². The molecule has 0 bridgehead atoms. The molecule has 0 aliphatic carbocycles. The van der Waals surface area contributed by atoms with Gasteiger partial charge in [0.15, 0.2) is 5.17 Å². The molecule has 0 spiro atoms. The lowest BCUT2D eigenvalue weighted by Crippen LogP contribution is -2.47. The fourth-order valence-electron chi connectivity index (χ4n) is 1.90. The lowest BCUT2D eigenvalue weighted by Gasteiger charge is -2.31. The maximum Gasteiger partial charge on any atom is 0.230 e. The standard InChI is InChI=1S/C14H16N2O4S/c1-3-16-12(17)8-11(13(18)19)21-14(16)15-9-4-6-10(20-2)7-5-9/h4-7,11H,3,8H2,1-2H3,(H,18,19)/p-1. The minimum atomic E-state index is -1.24. The molecule has 0 aromatic heterocycles. The number of aliphatic imine (C=N–C) groups is 1. The monoisotopic (exact) mass is 307 g/mol. The zero-order chi connectivity index (χ0) is 15.4. The minimum Gasteiger partial charge on any atom is -0.549 e. The molecular formula is C14H15N2O4S-. The summed E-state index contributed by atoms with van der Waals surface area (Å²) in [5.41, 5.74) is 0.628. The van der Waals surface area contributed by atoms with E-state index in [9.17, 15) is 14.7 Å². The highest BCUT2D eigenvalue weighted by molar-refractivity contribution is 8.15. The Balaban J connectivity index is 2.29. The Bertz CT molecular complexity index is 571. The van der Waals surface area contributed by atoms with Crippen molar-refractivity contribution >= 4 is 34.5 Å². The highest BCUT2D eigenvalue weighted by atomic mass is 32.2. The third-order valence-electron chi connectivity index (χ3n) is 3.02. The Labute approximate surface area is 126 Å². The first-order chi connectivity index (χ1) is 10.0. The van der Waals surface area contributed by atoms with E-state index in [2.05, 4.69) is 4.99 Å². The molecule has 1 amide bonds. The zero-order valence-electron chi connectivity index (χ0n) is 11.7. The molecule has 0 radical (unpaired) electrons. The largest absolute Gasteiger partial charge is 0.549 e. The van der Waals surface area contributed by atoms with Crippen LogP contribution >= 0.6 is 11.8 Å². The number of carboxylic acids is 1. The molecule has 1 fully saturated rings. The first kappa shape index (κ1) is 15.4. The molecule has 21 heavy (non-hydrogen) atoms. The van der Waals surface area contributed by atoms with Gasteiger partial charge in [-0.25, -0.2) is 4.99 Å². The second-order valence-electron chi connectivity index (χ2n) is 4.36. The van der Waals surface area contributed by atoms with E-state index in [1.165, 1.54) is 4.90 Å². The van der Waals surface area contributed by atoms with Gasteiger partial charge in [0, 0.05) is 13.0 Å². The number of methoxy groups -OCH3 is 1. The summed E-state index contributed by atoms with van der Waals surface area (Å²) in [4.78, 5) is 28.8. The van der Waals surface area contributed by atoms with E-state index in [0.29, 0.717) is 23.1 Å². The minimum absolute atomic E-state index is 0.0670. The van der Waals surface area contributed by atoms with Crippen LogP contribution < -0.4 is 9.84 Å². The molecule has 112 valence electrons. The predicted octanol–water partition coefficient (Wildman–Crippen LogP) is 0.787. The van der Waals surface area contributed by atoms with E-state index < -0.39 is 11.2 Å². The van der Waals surface area contributed by atoms with Crippen LogP contribution in [0.4, 0.5) is 5.69 Å². The van der Waals surface area contributed by atoms with Crippen molar-refractivity contribution in [2.75, 3.05) is 13.7 Å². The quantitative estimate of drug-likeness (QED) is 0.821. The summed E-state index contributed by atoms with van der Waals surface area (Å²) in [6, 6.07) is 6.99. The Morgan fingerprint density at radius 3 is 2.67 bits per heavy atom. The van der Waals surface area contributed by atoms with Crippen LogP contribution in [0.1, 0.15) is 13.3 Å². The molecule has 1 aliphatic rings. The molecule has 1 unspecified atom stereocenters. The van der Waals surface area contributed by atoms with Crippen LogP contribution in [0, 0.1) is 0 Å². The molecule has 7 heteroatoms. The number of rotatable bonds is 4. The molecule has 1 heterocycles. The smallest absolute Gasteiger partial charge is 0.230 e. The number of aliphatic carboxylic acids is 1. The second-order valence-corrected chi connectivity index (χ2v) is 5.53. The van der Waals surface area contributed by atoms with Crippen LogP contribution in [-0.2, 0) is 9.59 Å². The Morgan fingerprint density at radius 2 is 2.14 bits per heavy atom. The van der Waals surface area contributed by atoms with Crippen molar-refractivity contribution in [3.05, 3.63) is 24.3 Å². The molecular weight excluding hydrogens is 292 g/mol. The zero-order valence-corrected chi connectivity index (χ0v) is 12.6. The van der Waals surface area contributed by atoms with Crippen molar-refractivity contribution in [2.45, 2.75) is 18.6 Å². The summed E-state index contributed by atoms with van der Waals surface area (Å²) in [7, 11) is 1.57. The molecule has 1 aromatic rings. The van der Waals surface area contributed by atoms with Crippen molar-refractivity contribution in [3.63, 3.8) is 0 Å². The Morgan fingerprint density at radius 1 is 1.48 bits per heavy atom. The third kappa shape index (κ3) is 3.55. The van der Waals surface area contributed by atoms with Crippen molar-refractivity contribution < 1.29 is 19.4 Å². The van der Waals surface area contributed by atoms with Gasteiger partial charge in [-0.05, 0) is 31.2 Å². The second kappa shape index (κ2) is 6.62. The number of amidine groups is 1. The van der Waals surface area contributed by atoms with Crippen LogP contribution in [0.15, 0.2) is 29.3 Å². The third-order valence-corrected chi connectivity index (χ3v) is 4.18. The summed E-state index contributed by atoms with van der Waals surface area (Å²) in [6.45, 7) is 2.27. The van der Waals surface area contributed by atoms with E-state index in [0.717, 1.165) is 11.8 Å². The molecule has 6 nitrogen and oxygen atoms in total. The number of benzene rings is 1. The van der Waals surface area contributed by atoms with Crippen molar-refractivity contribution in [1.82, 2.24) is 4.90 Å². The number of nitrogens with zero attached hydrogens (tertiary/aromatic N) is 2. The van der Waals surface area contributed by atoms with Gasteiger partial charge in [0.1, 0.15) is 5.75 Å². The number of amides is 1. The van der Waals surface area contributed by atoms with Gasteiger partial charge >= 0.3 is 0 Å². The number of carbonyl (C=O) groups excluding carboxylic acids is 2. The van der Waals surface area contributed by atoms with E-state index in [-0.39, 0.29) is 12.3 Å². The van der Waals surface area contributed by atoms with Gasteiger partial charge < -0.3 is 14.6 Å². The Kier molecular flexibility index (Phi) is 4.85. The van der Waals surface area contributed by atoms with Crippen LogP contribution in [0.25, 0.3) is 0 Å². The van der Waals surface area contributed by atoms with Crippen LogP contribution in [-0.4, -0.2) is 40.8 Å². The maximum atomic E-state index is 12.0.